The summed E-state index contributed by atoms with van der Waals surface area (Å²) in [5.41, 5.74) is 8.90. The van der Waals surface area contributed by atoms with Gasteiger partial charge in [0, 0.05) is 24.8 Å². The first-order valence-corrected chi connectivity index (χ1v) is 6.22. The molecule has 2 rings (SSSR count). The van der Waals surface area contributed by atoms with Gasteiger partial charge in [0.1, 0.15) is 0 Å². The molecule has 0 aliphatic heterocycles. The lowest BCUT2D eigenvalue weighted by molar-refractivity contribution is 0.354. The van der Waals surface area contributed by atoms with E-state index in [9.17, 15) is 0 Å². The number of methoxy groups -OCH3 is 2. The molecule has 0 saturated carbocycles. The number of hydrogen-bond donors (Lipinski definition) is 1. The molecule has 0 saturated heterocycles. The third kappa shape index (κ3) is 2.42. The molecule has 0 unspecified atom stereocenters. The predicted octanol–water partition coefficient (Wildman–Crippen LogP) is 2.05. The van der Waals surface area contributed by atoms with Crippen molar-refractivity contribution in [1.82, 2.24) is 9.78 Å². The van der Waals surface area contributed by atoms with E-state index in [1.807, 2.05) is 22.9 Å². The Morgan fingerprint density at radius 1 is 1.21 bits per heavy atom. The molecule has 0 spiro atoms. The van der Waals surface area contributed by atoms with Gasteiger partial charge in [-0.2, -0.15) is 5.10 Å². The van der Waals surface area contributed by atoms with Crippen LogP contribution in [0.1, 0.15) is 12.5 Å². The van der Waals surface area contributed by atoms with Crippen molar-refractivity contribution in [2.45, 2.75) is 20.0 Å². The van der Waals surface area contributed by atoms with Gasteiger partial charge in [-0.3, -0.25) is 4.68 Å². The van der Waals surface area contributed by atoms with Crippen molar-refractivity contribution in [3.8, 4) is 22.8 Å². The van der Waals surface area contributed by atoms with E-state index in [1.165, 1.54) is 0 Å². The Morgan fingerprint density at radius 3 is 2.47 bits per heavy atom. The summed E-state index contributed by atoms with van der Waals surface area (Å²) in [5, 5.41) is 4.29. The molecule has 19 heavy (non-hydrogen) atoms. The van der Waals surface area contributed by atoms with Crippen LogP contribution in [0.4, 0.5) is 0 Å². The van der Waals surface area contributed by atoms with E-state index in [4.69, 9.17) is 15.2 Å². The van der Waals surface area contributed by atoms with Crippen molar-refractivity contribution >= 4 is 0 Å². The van der Waals surface area contributed by atoms with E-state index in [0.29, 0.717) is 18.0 Å². The molecule has 1 aromatic carbocycles. The van der Waals surface area contributed by atoms with E-state index in [2.05, 4.69) is 12.0 Å². The van der Waals surface area contributed by atoms with Crippen LogP contribution in [0.25, 0.3) is 11.3 Å². The summed E-state index contributed by atoms with van der Waals surface area (Å²) in [6.07, 6.45) is 1.79. The van der Waals surface area contributed by atoms with Crippen molar-refractivity contribution in [1.29, 1.82) is 0 Å². The van der Waals surface area contributed by atoms with E-state index in [-0.39, 0.29) is 0 Å². The number of nitrogens with two attached hydrogens (primary N) is 1. The van der Waals surface area contributed by atoms with Crippen LogP contribution >= 0.6 is 0 Å². The fourth-order valence-electron chi connectivity index (χ4n) is 2.14. The van der Waals surface area contributed by atoms with E-state index in [1.54, 1.807) is 20.4 Å². The first-order valence-electron chi connectivity index (χ1n) is 6.22. The standard InChI is InChI=1S/C14H19N3O2/c1-4-17-12(5-6-16-17)11-8-14(19-3)13(18-2)7-10(11)9-15/h5-8H,4,9,15H2,1-3H3. The molecule has 5 nitrogen and oxygen atoms in total. The van der Waals surface area contributed by atoms with Gasteiger partial charge in [-0.25, -0.2) is 0 Å². The Bertz CT molecular complexity index is 564. The molecule has 0 atom stereocenters. The molecule has 0 aliphatic rings. The topological polar surface area (TPSA) is 62.3 Å². The molecule has 0 fully saturated rings. The highest BCUT2D eigenvalue weighted by molar-refractivity contribution is 5.68. The van der Waals surface area contributed by atoms with Crippen molar-refractivity contribution < 1.29 is 9.47 Å². The maximum Gasteiger partial charge on any atom is 0.161 e. The Balaban J connectivity index is 2.61. The summed E-state index contributed by atoms with van der Waals surface area (Å²) in [4.78, 5) is 0. The van der Waals surface area contributed by atoms with Crippen molar-refractivity contribution in [3.63, 3.8) is 0 Å². The molecule has 2 N–H and O–H groups in total. The second kappa shape index (κ2) is 5.75. The van der Waals surface area contributed by atoms with Gasteiger partial charge in [0.25, 0.3) is 0 Å². The molecule has 0 radical (unpaired) electrons. The number of aromatic nitrogens is 2. The summed E-state index contributed by atoms with van der Waals surface area (Å²) in [6, 6.07) is 5.84. The van der Waals surface area contributed by atoms with E-state index >= 15 is 0 Å². The largest absolute Gasteiger partial charge is 0.493 e. The Kier molecular flexibility index (Phi) is 4.06. The molecular weight excluding hydrogens is 242 g/mol. The summed E-state index contributed by atoms with van der Waals surface area (Å²) in [5.74, 6) is 1.38. The zero-order valence-corrected chi connectivity index (χ0v) is 11.5. The summed E-state index contributed by atoms with van der Waals surface area (Å²) in [6.45, 7) is 3.30. The van der Waals surface area contributed by atoms with Gasteiger partial charge in [-0.15, -0.1) is 0 Å². The lowest BCUT2D eigenvalue weighted by Gasteiger charge is -2.14. The van der Waals surface area contributed by atoms with E-state index < -0.39 is 0 Å². The number of nitrogens with zero attached hydrogens (tertiary/aromatic N) is 2. The second-order valence-electron chi connectivity index (χ2n) is 4.10. The summed E-state index contributed by atoms with van der Waals surface area (Å²) in [7, 11) is 3.25. The number of aryl methyl sites for hydroxylation is 1. The quantitative estimate of drug-likeness (QED) is 0.894. The SMILES string of the molecule is CCn1nccc1-c1cc(OC)c(OC)cc1CN. The Labute approximate surface area is 112 Å². The van der Waals surface area contributed by atoms with E-state index in [0.717, 1.165) is 23.4 Å². The zero-order valence-electron chi connectivity index (χ0n) is 11.5. The summed E-state index contributed by atoms with van der Waals surface area (Å²) >= 11 is 0. The fourth-order valence-corrected chi connectivity index (χ4v) is 2.14. The van der Waals surface area contributed by atoms with Gasteiger partial charge >= 0.3 is 0 Å². The van der Waals surface area contributed by atoms with Crippen LogP contribution in [-0.2, 0) is 13.1 Å². The third-order valence-corrected chi connectivity index (χ3v) is 3.12. The maximum absolute atomic E-state index is 5.84. The van der Waals surface area contributed by atoms with Crippen LogP contribution in [0.15, 0.2) is 24.4 Å². The second-order valence-corrected chi connectivity index (χ2v) is 4.10. The highest BCUT2D eigenvalue weighted by Gasteiger charge is 2.14. The number of hydrogen-bond acceptors (Lipinski definition) is 4. The number of benzene rings is 1. The molecule has 1 aromatic heterocycles. The van der Waals surface area contributed by atoms with Crippen LogP contribution < -0.4 is 15.2 Å². The predicted molar refractivity (Wildman–Crippen MR) is 74.3 cm³/mol. The zero-order chi connectivity index (χ0) is 13.8. The maximum atomic E-state index is 5.84. The summed E-state index contributed by atoms with van der Waals surface area (Å²) < 4.78 is 12.6. The van der Waals surface area contributed by atoms with Crippen LogP contribution in [0.3, 0.4) is 0 Å². The van der Waals surface area contributed by atoms with Gasteiger partial charge in [0.2, 0.25) is 0 Å². The number of rotatable bonds is 5. The molecule has 102 valence electrons. The average Bonchev–Trinajstić information content (AvgIpc) is 2.93. The minimum Gasteiger partial charge on any atom is -0.493 e. The lowest BCUT2D eigenvalue weighted by Crippen LogP contribution is -2.05. The molecule has 0 aliphatic carbocycles. The van der Waals surface area contributed by atoms with Gasteiger partial charge in [-0.05, 0) is 30.7 Å². The minimum atomic E-state index is 0.435. The van der Waals surface area contributed by atoms with Crippen LogP contribution in [0, 0.1) is 0 Å². The fraction of sp³-hybridized carbons (Fsp3) is 0.357. The third-order valence-electron chi connectivity index (χ3n) is 3.12. The smallest absolute Gasteiger partial charge is 0.161 e. The molecule has 0 bridgehead atoms. The lowest BCUT2D eigenvalue weighted by atomic mass is 10.0. The Morgan fingerprint density at radius 2 is 1.89 bits per heavy atom. The first kappa shape index (κ1) is 13.4. The van der Waals surface area contributed by atoms with Crippen LogP contribution in [0.5, 0.6) is 11.5 Å². The van der Waals surface area contributed by atoms with Gasteiger partial charge in [0.15, 0.2) is 11.5 Å². The van der Waals surface area contributed by atoms with Gasteiger partial charge in [0.05, 0.1) is 19.9 Å². The van der Waals surface area contributed by atoms with Crippen LogP contribution in [-0.4, -0.2) is 24.0 Å². The van der Waals surface area contributed by atoms with Crippen molar-refractivity contribution in [2.24, 2.45) is 5.73 Å². The van der Waals surface area contributed by atoms with Crippen LogP contribution in [0.2, 0.25) is 0 Å². The average molecular weight is 261 g/mol. The normalized spacial score (nSPS) is 10.5. The highest BCUT2D eigenvalue weighted by Crippen LogP contribution is 2.35. The Hall–Kier alpha value is -2.01. The monoisotopic (exact) mass is 261 g/mol. The molecule has 2 aromatic rings. The number of ether oxygens (including phenoxy) is 2. The van der Waals surface area contributed by atoms with Gasteiger partial charge < -0.3 is 15.2 Å². The first-order chi connectivity index (χ1) is 9.24. The molecular formula is C14H19N3O2. The molecule has 0 amide bonds. The van der Waals surface area contributed by atoms with Crippen molar-refractivity contribution in [3.05, 3.63) is 30.0 Å². The van der Waals surface area contributed by atoms with Crippen molar-refractivity contribution in [2.75, 3.05) is 14.2 Å². The molecule has 1 heterocycles. The van der Waals surface area contributed by atoms with Gasteiger partial charge in [-0.1, -0.05) is 0 Å². The molecule has 5 heteroatoms. The highest BCUT2D eigenvalue weighted by atomic mass is 16.5. The minimum absolute atomic E-state index is 0.435.